The van der Waals surface area contributed by atoms with Crippen molar-refractivity contribution >= 4 is 23.2 Å². The number of nitrogens with zero attached hydrogens (tertiary/aromatic N) is 1. The van der Waals surface area contributed by atoms with E-state index < -0.39 is 17.0 Å². The van der Waals surface area contributed by atoms with E-state index in [9.17, 15) is 9.35 Å². The number of hydrogen-bond donors (Lipinski definition) is 1. The molecule has 1 amide bonds. The quantitative estimate of drug-likeness (QED) is 0.637. The number of carbonyl (C=O) groups excluding carboxylic acids is 1. The Morgan fingerprint density at radius 1 is 1.18 bits per heavy atom. The molecule has 0 aromatic heterocycles. The Morgan fingerprint density at radius 2 is 1.68 bits per heavy atom. The fourth-order valence-corrected chi connectivity index (χ4v) is 3.90. The lowest BCUT2D eigenvalue weighted by Gasteiger charge is -2.69. The number of hydrogen-bond acceptors (Lipinski definition) is 4. The van der Waals surface area contributed by atoms with Crippen molar-refractivity contribution in [3.05, 3.63) is 0 Å². The highest BCUT2D eigenvalue weighted by atomic mass is 32.2. The van der Waals surface area contributed by atoms with E-state index in [4.69, 9.17) is 4.74 Å². The maximum atomic E-state index is 12.1. The molecule has 1 N–H and O–H groups in total. The zero-order valence-corrected chi connectivity index (χ0v) is 15.5. The van der Waals surface area contributed by atoms with Gasteiger partial charge < -0.3 is 14.6 Å². The van der Waals surface area contributed by atoms with Gasteiger partial charge in [-0.15, -0.1) is 0 Å². The van der Waals surface area contributed by atoms with Crippen LogP contribution in [0.15, 0.2) is 4.40 Å². The largest absolute Gasteiger partial charge is 0.591 e. The number of amides is 1. The van der Waals surface area contributed by atoms with Gasteiger partial charge in [0.15, 0.2) is 0 Å². The molecule has 0 aliphatic heterocycles. The lowest BCUT2D eigenvalue weighted by atomic mass is 9.38. The first-order chi connectivity index (χ1) is 9.77. The van der Waals surface area contributed by atoms with E-state index in [1.807, 2.05) is 48.5 Å². The van der Waals surface area contributed by atoms with Crippen molar-refractivity contribution < 1.29 is 14.1 Å². The molecular weight excluding hydrogens is 300 g/mol. The van der Waals surface area contributed by atoms with Crippen LogP contribution >= 0.6 is 0 Å². The Morgan fingerprint density at radius 3 is 2.09 bits per heavy atom. The van der Waals surface area contributed by atoms with Gasteiger partial charge >= 0.3 is 6.09 Å². The van der Waals surface area contributed by atoms with E-state index in [0.29, 0.717) is 0 Å². The molecule has 3 aliphatic rings. The fourth-order valence-electron chi connectivity index (χ4n) is 3.18. The summed E-state index contributed by atoms with van der Waals surface area (Å²) in [5, 5.41) is 2.99. The van der Waals surface area contributed by atoms with Crippen LogP contribution in [0.1, 0.15) is 67.7 Å². The highest BCUT2D eigenvalue weighted by Crippen LogP contribution is 2.68. The molecule has 0 saturated heterocycles. The van der Waals surface area contributed by atoms with Crippen LogP contribution in [0.4, 0.5) is 4.79 Å². The van der Waals surface area contributed by atoms with Gasteiger partial charge in [-0.3, -0.25) is 0 Å². The van der Waals surface area contributed by atoms with E-state index in [2.05, 4.69) is 9.71 Å². The molecule has 3 aliphatic carbocycles. The zero-order chi connectivity index (χ0) is 17.0. The molecule has 0 radical (unpaired) electrons. The second kappa shape index (κ2) is 5.13. The molecule has 6 heteroatoms. The van der Waals surface area contributed by atoms with Gasteiger partial charge in [0.2, 0.25) is 0 Å². The number of ether oxygens (including phenoxy) is 1. The summed E-state index contributed by atoms with van der Waals surface area (Å²) >= 11 is -1.22. The minimum atomic E-state index is -1.22. The number of nitrogens with one attached hydrogen (secondary N) is 1. The zero-order valence-electron chi connectivity index (χ0n) is 14.7. The predicted molar refractivity (Wildman–Crippen MR) is 89.4 cm³/mol. The number of rotatable bonds is 3. The van der Waals surface area contributed by atoms with Gasteiger partial charge in [-0.2, -0.15) is 0 Å². The van der Waals surface area contributed by atoms with Crippen LogP contribution in [0.25, 0.3) is 0 Å². The summed E-state index contributed by atoms with van der Waals surface area (Å²) in [7, 11) is 0. The molecule has 22 heavy (non-hydrogen) atoms. The molecule has 5 nitrogen and oxygen atoms in total. The van der Waals surface area contributed by atoms with E-state index in [1.54, 1.807) is 0 Å². The third-order valence-corrected chi connectivity index (χ3v) is 5.80. The van der Waals surface area contributed by atoms with Crippen LogP contribution in [0.5, 0.6) is 0 Å². The minimum absolute atomic E-state index is 0.0376. The van der Waals surface area contributed by atoms with Crippen molar-refractivity contribution in [3.63, 3.8) is 0 Å². The molecule has 3 fully saturated rings. The number of alkyl carbamates (subject to hydrolysis) is 1. The maximum Gasteiger partial charge on any atom is 0.408 e. The molecule has 0 aromatic rings. The van der Waals surface area contributed by atoms with E-state index >= 15 is 0 Å². The van der Waals surface area contributed by atoms with Crippen molar-refractivity contribution in [1.82, 2.24) is 5.32 Å². The van der Waals surface area contributed by atoms with Crippen LogP contribution in [0.2, 0.25) is 0 Å². The van der Waals surface area contributed by atoms with Gasteiger partial charge in [-0.25, -0.2) is 4.79 Å². The Bertz CT molecular complexity index is 483. The number of carbonyl (C=O) groups is 1. The van der Waals surface area contributed by atoms with Gasteiger partial charge in [0.1, 0.15) is 21.7 Å². The summed E-state index contributed by atoms with van der Waals surface area (Å²) < 4.78 is 21.5. The molecule has 0 aromatic carbocycles. The summed E-state index contributed by atoms with van der Waals surface area (Å²) in [5.41, 5.74) is 0.374. The second-order valence-corrected chi connectivity index (χ2v) is 10.7. The van der Waals surface area contributed by atoms with Gasteiger partial charge in [-0.1, -0.05) is 4.40 Å². The van der Waals surface area contributed by atoms with Crippen molar-refractivity contribution in [2.75, 3.05) is 0 Å². The average molecular weight is 328 g/mol. The Kier molecular flexibility index (Phi) is 4.10. The van der Waals surface area contributed by atoms with E-state index in [-0.39, 0.29) is 21.8 Å². The van der Waals surface area contributed by atoms with Gasteiger partial charge in [-0.05, 0) is 67.7 Å². The summed E-state index contributed by atoms with van der Waals surface area (Å²) in [6, 6.07) is 0. The highest BCUT2D eigenvalue weighted by molar-refractivity contribution is 7.91. The van der Waals surface area contributed by atoms with Crippen LogP contribution in [0.3, 0.4) is 0 Å². The smallest absolute Gasteiger partial charge is 0.408 e. The van der Waals surface area contributed by atoms with Crippen LogP contribution in [-0.2, 0) is 16.1 Å². The molecule has 3 saturated carbocycles. The highest BCUT2D eigenvalue weighted by Gasteiger charge is 2.70. The normalized spacial score (nSPS) is 32.6. The first kappa shape index (κ1) is 17.6. The molecule has 2 bridgehead atoms. The molecular formula is C16H28N2O3S. The first-order valence-corrected chi connectivity index (χ1v) is 8.87. The average Bonchev–Trinajstić information content (AvgIpc) is 2.16. The van der Waals surface area contributed by atoms with Crippen molar-refractivity contribution in [2.45, 2.75) is 83.6 Å². The molecule has 126 valence electrons. The van der Waals surface area contributed by atoms with Crippen molar-refractivity contribution in [1.29, 1.82) is 0 Å². The lowest BCUT2D eigenvalue weighted by molar-refractivity contribution is -0.0996. The second-order valence-electron chi connectivity index (χ2n) is 8.76. The molecule has 3 rings (SSSR count). The SMILES string of the molecule is C/C(=N\[S@@+]([O-])C(C)(C)C)C12CC(NC(=O)OC(C)(C)C)(C1)C2. The lowest BCUT2D eigenvalue weighted by Crippen LogP contribution is -2.77. The summed E-state index contributed by atoms with van der Waals surface area (Å²) in [6.45, 7) is 13.3. The topological polar surface area (TPSA) is 73.8 Å². The third-order valence-electron chi connectivity index (χ3n) is 4.31. The molecule has 0 spiro atoms. The standard InChI is InChI=1S/C16H28N2O3S/c1-11(18-22(20)14(5,6)7)15-8-16(9-15,10-15)17-12(19)21-13(2,3)4/h8-10H2,1-7H3,(H,17,19)/b18-11+/t15?,16?,22-/m0/s1. The Labute approximate surface area is 136 Å². The van der Waals surface area contributed by atoms with Crippen LogP contribution in [-0.4, -0.2) is 32.2 Å². The van der Waals surface area contributed by atoms with Gasteiger partial charge in [0.05, 0.1) is 5.71 Å². The monoisotopic (exact) mass is 328 g/mol. The first-order valence-electron chi connectivity index (χ1n) is 7.76. The van der Waals surface area contributed by atoms with E-state index in [1.165, 1.54) is 0 Å². The molecule has 0 heterocycles. The molecule has 1 atom stereocenters. The van der Waals surface area contributed by atoms with Gasteiger partial charge in [0.25, 0.3) is 0 Å². The predicted octanol–water partition coefficient (Wildman–Crippen LogP) is 3.36. The summed E-state index contributed by atoms with van der Waals surface area (Å²) in [5.74, 6) is 0. The van der Waals surface area contributed by atoms with Crippen LogP contribution < -0.4 is 5.32 Å². The van der Waals surface area contributed by atoms with E-state index in [0.717, 1.165) is 25.0 Å². The Balaban J connectivity index is 1.89. The van der Waals surface area contributed by atoms with Crippen molar-refractivity contribution in [2.24, 2.45) is 9.81 Å². The van der Waals surface area contributed by atoms with Crippen LogP contribution in [0, 0.1) is 5.41 Å². The van der Waals surface area contributed by atoms with Crippen molar-refractivity contribution in [3.8, 4) is 0 Å². The Hall–Kier alpha value is -0.750. The van der Waals surface area contributed by atoms with Gasteiger partial charge in [0, 0.05) is 11.0 Å². The molecule has 0 unspecified atom stereocenters. The third kappa shape index (κ3) is 3.43. The summed E-state index contributed by atoms with van der Waals surface area (Å²) in [4.78, 5) is 11.9. The summed E-state index contributed by atoms with van der Waals surface area (Å²) in [6.07, 6.45) is 2.26. The maximum absolute atomic E-state index is 12.1. The minimum Gasteiger partial charge on any atom is -0.591 e. The fraction of sp³-hybridized carbons (Fsp3) is 0.875.